The van der Waals surface area contributed by atoms with Gasteiger partial charge in [0.2, 0.25) is 0 Å². The van der Waals surface area contributed by atoms with Gasteiger partial charge >= 0.3 is 0 Å². The quantitative estimate of drug-likeness (QED) is 0.220. The fraction of sp³-hybridized carbons (Fsp3) is 0.227. The summed E-state index contributed by atoms with van der Waals surface area (Å²) in [6.07, 6.45) is 3.24. The summed E-state index contributed by atoms with van der Waals surface area (Å²) in [6, 6.07) is 19.5. The summed E-state index contributed by atoms with van der Waals surface area (Å²) in [5.74, 6) is 0.339. The third-order valence-corrected chi connectivity index (χ3v) is 5.41. The van der Waals surface area contributed by atoms with Crippen LogP contribution in [0.5, 0.6) is 0 Å². The topological polar surface area (TPSA) is 17.1 Å². The Balaban J connectivity index is 1.81. The number of hydrogen-bond donors (Lipinski definition) is 0. The van der Waals surface area contributed by atoms with Crippen LogP contribution in [0, 0.1) is 0 Å². The van der Waals surface area contributed by atoms with Crippen molar-refractivity contribution in [1.29, 1.82) is 0 Å². The van der Waals surface area contributed by atoms with E-state index in [0.29, 0.717) is 18.6 Å². The Morgan fingerprint density at radius 3 is 2.21 bits per heavy atom. The zero-order chi connectivity index (χ0) is 16.5. The normalized spacial score (nSPS) is 11.7. The van der Waals surface area contributed by atoms with Crippen LogP contribution in [0.15, 0.2) is 54.6 Å². The van der Waals surface area contributed by atoms with Gasteiger partial charge in [0.15, 0.2) is 0 Å². The van der Waals surface area contributed by atoms with Gasteiger partial charge in [-0.1, -0.05) is 70.5 Å². The van der Waals surface area contributed by atoms with Crippen LogP contribution in [0.3, 0.4) is 0 Å². The Labute approximate surface area is 150 Å². The fourth-order valence-electron chi connectivity index (χ4n) is 3.67. The molecule has 0 aliphatic rings. The summed E-state index contributed by atoms with van der Waals surface area (Å²) in [5, 5.41) is 8.62. The van der Waals surface area contributed by atoms with Gasteiger partial charge in [-0.2, -0.15) is 0 Å². The second-order valence-electron chi connectivity index (χ2n) is 6.44. The lowest BCUT2D eigenvalue weighted by Crippen LogP contribution is -2.03. The molecule has 0 N–H and O–H groups in total. The first-order valence-electron chi connectivity index (χ1n) is 8.51. The van der Waals surface area contributed by atoms with E-state index in [1.165, 1.54) is 32.3 Å². The molecule has 0 bridgehead atoms. The largest absolute Gasteiger partial charge is 0.299 e. The highest BCUT2D eigenvalue weighted by Crippen LogP contribution is 2.36. The van der Waals surface area contributed by atoms with Crippen molar-refractivity contribution in [2.24, 2.45) is 0 Å². The molecule has 0 aromatic heterocycles. The minimum Gasteiger partial charge on any atom is -0.299 e. The maximum atomic E-state index is 12.3. The lowest BCUT2D eigenvalue weighted by atomic mass is 9.90. The van der Waals surface area contributed by atoms with Crippen molar-refractivity contribution in [2.75, 3.05) is 5.33 Å². The molecule has 0 heterocycles. The predicted molar refractivity (Wildman–Crippen MR) is 107 cm³/mol. The maximum Gasteiger partial charge on any atom is 0.137 e. The highest BCUT2D eigenvalue weighted by molar-refractivity contribution is 9.09. The van der Waals surface area contributed by atoms with Crippen molar-refractivity contribution in [3.8, 4) is 0 Å². The van der Waals surface area contributed by atoms with Gasteiger partial charge in [-0.15, -0.1) is 0 Å². The van der Waals surface area contributed by atoms with Crippen LogP contribution in [0.1, 0.15) is 24.8 Å². The first kappa shape index (κ1) is 15.6. The monoisotopic (exact) mass is 378 g/mol. The molecule has 0 fully saturated rings. The lowest BCUT2D eigenvalue weighted by molar-refractivity contribution is -0.118. The molecule has 1 nitrogen and oxygen atoms in total. The highest BCUT2D eigenvalue weighted by Gasteiger charge is 2.12. The smallest absolute Gasteiger partial charge is 0.137 e. The first-order chi connectivity index (χ1) is 11.8. The molecule has 0 aliphatic heterocycles. The van der Waals surface area contributed by atoms with Crippen molar-refractivity contribution in [1.82, 2.24) is 0 Å². The Bertz CT molecular complexity index is 1000. The van der Waals surface area contributed by atoms with Crippen molar-refractivity contribution in [3.63, 3.8) is 0 Å². The molecule has 4 aromatic carbocycles. The standard InChI is InChI=1S/C22H19BrO/c23-13-2-1-6-19(24)14-18-10-9-17-8-7-15-4-3-5-16-11-12-20(18)22(17)21(15)16/h3-5,7-12H,1-2,6,13-14H2. The number of halogens is 1. The van der Waals surface area contributed by atoms with Gasteiger partial charge < -0.3 is 0 Å². The second kappa shape index (κ2) is 6.52. The molecule has 120 valence electrons. The minimum absolute atomic E-state index is 0.339. The van der Waals surface area contributed by atoms with Crippen LogP contribution < -0.4 is 0 Å². The Hall–Kier alpha value is -1.93. The fourth-order valence-corrected chi connectivity index (χ4v) is 4.06. The predicted octanol–water partition coefficient (Wildman–Crippen LogP) is 6.26. The number of carbonyl (C=O) groups is 1. The van der Waals surface area contributed by atoms with Gasteiger partial charge in [-0.3, -0.25) is 4.79 Å². The van der Waals surface area contributed by atoms with E-state index in [0.717, 1.165) is 23.7 Å². The van der Waals surface area contributed by atoms with Gasteiger partial charge in [0.1, 0.15) is 5.78 Å². The summed E-state index contributed by atoms with van der Waals surface area (Å²) in [6.45, 7) is 0. The number of benzene rings is 4. The van der Waals surface area contributed by atoms with Crippen LogP contribution in [-0.2, 0) is 11.2 Å². The van der Waals surface area contributed by atoms with Gasteiger partial charge in [0, 0.05) is 18.2 Å². The molecule has 4 rings (SSSR count). The van der Waals surface area contributed by atoms with Crippen LogP contribution in [0.2, 0.25) is 0 Å². The van der Waals surface area contributed by atoms with E-state index >= 15 is 0 Å². The van der Waals surface area contributed by atoms with E-state index < -0.39 is 0 Å². The average Bonchev–Trinajstić information content (AvgIpc) is 2.61. The number of unbranched alkanes of at least 4 members (excludes halogenated alkanes) is 1. The van der Waals surface area contributed by atoms with E-state index in [4.69, 9.17) is 0 Å². The number of ketones is 1. The molecule has 0 atom stereocenters. The van der Waals surface area contributed by atoms with E-state index in [2.05, 4.69) is 70.5 Å². The van der Waals surface area contributed by atoms with E-state index in [-0.39, 0.29) is 0 Å². The van der Waals surface area contributed by atoms with Gasteiger partial charge in [-0.25, -0.2) is 0 Å². The molecule has 0 amide bonds. The molecule has 0 saturated carbocycles. The Morgan fingerprint density at radius 1 is 0.792 bits per heavy atom. The maximum absolute atomic E-state index is 12.3. The average molecular weight is 379 g/mol. The molecule has 24 heavy (non-hydrogen) atoms. The van der Waals surface area contributed by atoms with Crippen molar-refractivity contribution < 1.29 is 4.79 Å². The number of rotatable bonds is 6. The molecular weight excluding hydrogens is 360 g/mol. The van der Waals surface area contributed by atoms with Crippen molar-refractivity contribution in [3.05, 3.63) is 60.2 Å². The van der Waals surface area contributed by atoms with Crippen molar-refractivity contribution in [2.45, 2.75) is 25.7 Å². The minimum atomic E-state index is 0.339. The molecule has 0 saturated heterocycles. The number of alkyl halides is 1. The van der Waals surface area contributed by atoms with Crippen LogP contribution in [0.4, 0.5) is 0 Å². The third-order valence-electron chi connectivity index (χ3n) is 4.85. The summed E-state index contributed by atoms with van der Waals surface area (Å²) >= 11 is 3.43. The van der Waals surface area contributed by atoms with Gasteiger partial charge in [-0.05, 0) is 50.7 Å². The van der Waals surface area contributed by atoms with Crippen LogP contribution in [0.25, 0.3) is 32.3 Å². The third kappa shape index (κ3) is 2.69. The molecule has 2 heteroatoms. The first-order valence-corrected chi connectivity index (χ1v) is 9.63. The summed E-state index contributed by atoms with van der Waals surface area (Å²) in [4.78, 5) is 12.3. The van der Waals surface area contributed by atoms with Gasteiger partial charge in [0.05, 0.1) is 0 Å². The van der Waals surface area contributed by atoms with Crippen molar-refractivity contribution >= 4 is 54.0 Å². The van der Waals surface area contributed by atoms with E-state index in [1.54, 1.807) is 0 Å². The van der Waals surface area contributed by atoms with Crippen LogP contribution in [-0.4, -0.2) is 11.1 Å². The molecule has 0 unspecified atom stereocenters. The summed E-state index contributed by atoms with van der Waals surface area (Å²) in [5.41, 5.74) is 1.16. The SMILES string of the molecule is O=C(CCCCBr)Cc1ccc2ccc3cccc4ccc1c2c34. The lowest BCUT2D eigenvalue weighted by Gasteiger charge is -2.13. The Kier molecular flexibility index (Phi) is 4.24. The van der Waals surface area contributed by atoms with E-state index in [9.17, 15) is 4.79 Å². The number of Topliss-reactive ketones (excluding diaryl/α,β-unsaturated/α-hetero) is 1. The molecule has 4 aromatic rings. The zero-order valence-corrected chi connectivity index (χ0v) is 15.1. The highest BCUT2D eigenvalue weighted by atomic mass is 79.9. The van der Waals surface area contributed by atoms with Crippen LogP contribution >= 0.6 is 15.9 Å². The Morgan fingerprint density at radius 2 is 1.46 bits per heavy atom. The number of hydrogen-bond acceptors (Lipinski definition) is 1. The number of carbonyl (C=O) groups excluding carboxylic acids is 1. The molecule has 0 aliphatic carbocycles. The molecule has 0 radical (unpaired) electrons. The molecule has 0 spiro atoms. The second-order valence-corrected chi connectivity index (χ2v) is 7.24. The van der Waals surface area contributed by atoms with E-state index in [1.807, 2.05) is 0 Å². The zero-order valence-electron chi connectivity index (χ0n) is 13.5. The van der Waals surface area contributed by atoms with Gasteiger partial charge in [0.25, 0.3) is 0 Å². The summed E-state index contributed by atoms with van der Waals surface area (Å²) in [7, 11) is 0. The molecular formula is C22H19BrO. The summed E-state index contributed by atoms with van der Waals surface area (Å²) < 4.78 is 0.